The summed E-state index contributed by atoms with van der Waals surface area (Å²) in [6, 6.07) is 18.3. The minimum absolute atomic E-state index is 0.197. The maximum absolute atomic E-state index is 13.6. The number of carbonyl (C=O) groups is 2. The van der Waals surface area contributed by atoms with Crippen LogP contribution < -0.4 is 9.64 Å². The lowest BCUT2D eigenvalue weighted by Crippen LogP contribution is -2.29. The summed E-state index contributed by atoms with van der Waals surface area (Å²) in [5.74, 6) is 0.182. The third kappa shape index (κ3) is 3.76. The molecule has 1 amide bonds. The van der Waals surface area contributed by atoms with Crippen LogP contribution in [-0.2, 0) is 4.74 Å². The Morgan fingerprint density at radius 3 is 2.47 bits per heavy atom. The Kier molecular flexibility index (Phi) is 5.90. The number of amides is 1. The van der Waals surface area contributed by atoms with Crippen molar-refractivity contribution in [1.82, 2.24) is 10.2 Å². The summed E-state index contributed by atoms with van der Waals surface area (Å²) in [4.78, 5) is 28.4. The van der Waals surface area contributed by atoms with Crippen molar-refractivity contribution in [1.29, 1.82) is 0 Å². The van der Waals surface area contributed by atoms with Crippen LogP contribution in [0, 0.1) is 0 Å². The van der Waals surface area contributed by atoms with E-state index in [-0.39, 0.29) is 11.9 Å². The summed E-state index contributed by atoms with van der Waals surface area (Å²) in [7, 11) is 0. The number of carbonyl (C=O) groups excluding carboxylic acids is 2. The van der Waals surface area contributed by atoms with Gasteiger partial charge in [-0.3, -0.25) is 14.8 Å². The maximum Gasteiger partial charge on any atom is 0.338 e. The van der Waals surface area contributed by atoms with Crippen LogP contribution in [0.2, 0.25) is 0 Å². The fourth-order valence-electron chi connectivity index (χ4n) is 4.22. The highest BCUT2D eigenvalue weighted by molar-refractivity contribution is 7.13. The number of hydrogen-bond acceptors (Lipinski definition) is 6. The number of esters is 1. The molecular formula is C26H23N3O4S. The molecule has 0 saturated carbocycles. The summed E-state index contributed by atoms with van der Waals surface area (Å²) in [6.07, 6.45) is 0. The van der Waals surface area contributed by atoms with Gasteiger partial charge in [0.1, 0.15) is 5.75 Å². The molecule has 1 aliphatic heterocycles. The van der Waals surface area contributed by atoms with E-state index in [0.29, 0.717) is 30.2 Å². The van der Waals surface area contributed by atoms with Gasteiger partial charge in [-0.1, -0.05) is 18.2 Å². The van der Waals surface area contributed by atoms with E-state index < -0.39 is 5.97 Å². The van der Waals surface area contributed by atoms with Gasteiger partial charge in [-0.05, 0) is 67.3 Å². The van der Waals surface area contributed by atoms with Crippen molar-refractivity contribution >= 4 is 28.9 Å². The first-order valence-corrected chi connectivity index (χ1v) is 12.0. The van der Waals surface area contributed by atoms with Gasteiger partial charge in [-0.2, -0.15) is 5.10 Å². The molecule has 0 unspecified atom stereocenters. The molecule has 2 aromatic carbocycles. The molecule has 5 rings (SSSR count). The molecule has 34 heavy (non-hydrogen) atoms. The van der Waals surface area contributed by atoms with Crippen molar-refractivity contribution in [3.63, 3.8) is 0 Å². The van der Waals surface area contributed by atoms with Crippen molar-refractivity contribution in [3.05, 3.63) is 88.4 Å². The van der Waals surface area contributed by atoms with E-state index in [1.54, 1.807) is 47.4 Å². The molecule has 0 aliphatic carbocycles. The van der Waals surface area contributed by atoms with Crippen LogP contribution in [0.5, 0.6) is 5.75 Å². The number of nitrogens with zero attached hydrogens (tertiary/aromatic N) is 2. The van der Waals surface area contributed by atoms with Crippen LogP contribution in [0.4, 0.5) is 5.69 Å². The van der Waals surface area contributed by atoms with Crippen molar-refractivity contribution < 1.29 is 19.1 Å². The van der Waals surface area contributed by atoms with Crippen LogP contribution in [0.15, 0.2) is 66.0 Å². The molecule has 1 atom stereocenters. The molecule has 0 bridgehead atoms. The molecule has 0 spiro atoms. The predicted octanol–water partition coefficient (Wildman–Crippen LogP) is 5.46. The van der Waals surface area contributed by atoms with Gasteiger partial charge in [-0.25, -0.2) is 4.79 Å². The van der Waals surface area contributed by atoms with Gasteiger partial charge < -0.3 is 9.47 Å². The predicted molar refractivity (Wildman–Crippen MR) is 131 cm³/mol. The molecule has 7 nitrogen and oxygen atoms in total. The third-order valence-electron chi connectivity index (χ3n) is 5.69. The normalized spacial score (nSPS) is 14.8. The number of nitrogens with one attached hydrogen (secondary N) is 1. The Morgan fingerprint density at radius 1 is 1.06 bits per heavy atom. The van der Waals surface area contributed by atoms with Crippen molar-refractivity contribution in [2.45, 2.75) is 19.9 Å². The van der Waals surface area contributed by atoms with E-state index in [4.69, 9.17) is 9.47 Å². The summed E-state index contributed by atoms with van der Waals surface area (Å²) in [6.45, 7) is 4.59. The van der Waals surface area contributed by atoms with Crippen molar-refractivity contribution in [3.8, 4) is 16.3 Å². The second kappa shape index (κ2) is 9.15. The van der Waals surface area contributed by atoms with Gasteiger partial charge in [0.25, 0.3) is 5.91 Å². The molecule has 2 aromatic heterocycles. The minimum atomic E-state index is -0.391. The van der Waals surface area contributed by atoms with Gasteiger partial charge in [0, 0.05) is 11.3 Å². The summed E-state index contributed by atoms with van der Waals surface area (Å²) in [5.41, 5.74) is 4.12. The van der Waals surface area contributed by atoms with Crippen LogP contribution in [0.3, 0.4) is 0 Å². The number of anilines is 1. The fourth-order valence-corrected chi connectivity index (χ4v) is 4.95. The topological polar surface area (TPSA) is 84.5 Å². The molecule has 0 saturated heterocycles. The monoisotopic (exact) mass is 473 g/mol. The molecule has 8 heteroatoms. The average molecular weight is 474 g/mol. The van der Waals surface area contributed by atoms with Crippen LogP contribution in [0.1, 0.15) is 51.9 Å². The summed E-state index contributed by atoms with van der Waals surface area (Å²) >= 11 is 1.59. The zero-order valence-electron chi connectivity index (χ0n) is 18.8. The quantitative estimate of drug-likeness (QED) is 0.360. The lowest BCUT2D eigenvalue weighted by atomic mass is 9.97. The molecule has 0 fully saturated rings. The number of ether oxygens (including phenoxy) is 2. The van der Waals surface area contributed by atoms with Crippen LogP contribution in [0.25, 0.3) is 10.6 Å². The van der Waals surface area contributed by atoms with E-state index in [9.17, 15) is 9.59 Å². The Morgan fingerprint density at radius 2 is 1.82 bits per heavy atom. The van der Waals surface area contributed by atoms with E-state index >= 15 is 0 Å². The molecule has 4 aromatic rings. The van der Waals surface area contributed by atoms with E-state index in [1.807, 2.05) is 48.7 Å². The summed E-state index contributed by atoms with van der Waals surface area (Å²) in [5, 5.41) is 9.47. The largest absolute Gasteiger partial charge is 0.494 e. The van der Waals surface area contributed by atoms with Gasteiger partial charge in [-0.15, -0.1) is 11.3 Å². The second-order valence-electron chi connectivity index (χ2n) is 7.69. The van der Waals surface area contributed by atoms with Crippen molar-refractivity contribution in [2.75, 3.05) is 18.1 Å². The molecular weight excluding hydrogens is 450 g/mol. The average Bonchev–Trinajstić information content (AvgIpc) is 3.58. The second-order valence-corrected chi connectivity index (χ2v) is 8.63. The van der Waals surface area contributed by atoms with E-state index in [0.717, 1.165) is 27.4 Å². The SMILES string of the molecule is CCOC(=O)c1ccc(N2C(=O)c3n[nH]c(-c4cccs4)c3[C@H]2c2ccc(OCC)cc2)cc1. The first-order chi connectivity index (χ1) is 16.6. The lowest BCUT2D eigenvalue weighted by Gasteiger charge is -2.26. The molecule has 3 heterocycles. The van der Waals surface area contributed by atoms with Gasteiger partial charge in [0.15, 0.2) is 5.69 Å². The number of H-pyrrole nitrogens is 1. The minimum Gasteiger partial charge on any atom is -0.494 e. The Labute approximate surface area is 200 Å². The summed E-state index contributed by atoms with van der Waals surface area (Å²) < 4.78 is 10.7. The van der Waals surface area contributed by atoms with Gasteiger partial charge in [0.2, 0.25) is 0 Å². The molecule has 1 N–H and O–H groups in total. The smallest absolute Gasteiger partial charge is 0.338 e. The highest BCUT2D eigenvalue weighted by Crippen LogP contribution is 2.45. The zero-order valence-corrected chi connectivity index (χ0v) is 19.6. The van der Waals surface area contributed by atoms with Crippen LogP contribution in [-0.4, -0.2) is 35.3 Å². The molecule has 172 valence electrons. The zero-order chi connectivity index (χ0) is 23.7. The number of fused-ring (bicyclic) bond motifs is 1. The van der Waals surface area contributed by atoms with Crippen molar-refractivity contribution in [2.24, 2.45) is 0 Å². The van der Waals surface area contributed by atoms with E-state index in [2.05, 4.69) is 10.2 Å². The number of rotatable bonds is 7. The van der Waals surface area contributed by atoms with Gasteiger partial charge in [0.05, 0.1) is 35.4 Å². The highest BCUT2D eigenvalue weighted by atomic mass is 32.1. The number of hydrogen-bond donors (Lipinski definition) is 1. The first-order valence-electron chi connectivity index (χ1n) is 11.1. The lowest BCUT2D eigenvalue weighted by molar-refractivity contribution is 0.0526. The Balaban J connectivity index is 1.60. The van der Waals surface area contributed by atoms with E-state index in [1.165, 1.54) is 0 Å². The third-order valence-corrected chi connectivity index (χ3v) is 6.58. The van der Waals surface area contributed by atoms with Gasteiger partial charge >= 0.3 is 5.97 Å². The molecule has 0 radical (unpaired) electrons. The van der Waals surface area contributed by atoms with Crippen LogP contribution >= 0.6 is 11.3 Å². The standard InChI is InChI=1S/C26H23N3O4S/c1-3-32-19-13-9-16(10-14-19)24-21-22(20-6-5-15-34-20)27-28-23(21)25(30)29(24)18-11-7-17(8-12-18)26(31)33-4-2/h5-15,24H,3-4H2,1-2H3,(H,27,28)/t24-/m1/s1. The highest BCUT2D eigenvalue weighted by Gasteiger charge is 2.43. The number of thiophene rings is 1. The maximum atomic E-state index is 13.6. The first kappa shape index (κ1) is 21.9. The molecule has 1 aliphatic rings. The number of aromatic amines is 1. The fraction of sp³-hybridized carbons (Fsp3) is 0.192. The number of benzene rings is 2. The Bertz CT molecular complexity index is 1310. The Hall–Kier alpha value is -3.91. The number of aromatic nitrogens is 2.